The van der Waals surface area contributed by atoms with E-state index < -0.39 is 5.97 Å². The third-order valence-corrected chi connectivity index (χ3v) is 11.7. The van der Waals surface area contributed by atoms with E-state index in [1.165, 1.54) is 57.8 Å². The standard InChI is InChI=1S/C31H52O4/c1-20(2)7-6-8-21(3)25-11-12-26-24-10-9-22-19-23(35-29(34)14-13-28(32)33)15-17-30(22,4)27(24)16-18-31(25,26)5/h20-27H,6-19H2,1-5H3,(H,32,33)/t21-,22-,23+,24-,25-,26+,27+,30+,31-/m1/s1. The van der Waals surface area contributed by atoms with Crippen LogP contribution in [-0.2, 0) is 14.3 Å². The van der Waals surface area contributed by atoms with Gasteiger partial charge in [-0.25, -0.2) is 0 Å². The van der Waals surface area contributed by atoms with Crippen molar-refractivity contribution in [2.24, 2.45) is 52.3 Å². The van der Waals surface area contributed by atoms with E-state index in [4.69, 9.17) is 9.84 Å². The molecule has 4 aliphatic rings. The Balaban J connectivity index is 1.37. The first kappa shape index (κ1) is 27.0. The normalized spacial score (nSPS) is 41.5. The zero-order valence-electron chi connectivity index (χ0n) is 23.2. The number of ether oxygens (including phenoxy) is 1. The lowest BCUT2D eigenvalue weighted by Crippen LogP contribution is -2.54. The van der Waals surface area contributed by atoms with Gasteiger partial charge in [-0.05, 0) is 110 Å². The van der Waals surface area contributed by atoms with Gasteiger partial charge in [-0.1, -0.05) is 53.9 Å². The molecule has 0 unspecified atom stereocenters. The highest BCUT2D eigenvalue weighted by Gasteiger charge is 2.60. The van der Waals surface area contributed by atoms with Crippen LogP contribution >= 0.6 is 0 Å². The van der Waals surface area contributed by atoms with Crippen molar-refractivity contribution in [2.45, 2.75) is 131 Å². The zero-order chi connectivity index (χ0) is 25.4. The number of carbonyl (C=O) groups excluding carboxylic acids is 1. The van der Waals surface area contributed by atoms with Crippen LogP contribution in [0.25, 0.3) is 0 Å². The van der Waals surface area contributed by atoms with Gasteiger partial charge >= 0.3 is 11.9 Å². The molecule has 1 N–H and O–H groups in total. The molecule has 0 aromatic carbocycles. The fourth-order valence-corrected chi connectivity index (χ4v) is 9.80. The van der Waals surface area contributed by atoms with Crippen LogP contribution in [0.4, 0.5) is 0 Å². The Kier molecular flexibility index (Phi) is 8.28. The van der Waals surface area contributed by atoms with Crippen LogP contribution in [0.5, 0.6) is 0 Å². The third kappa shape index (κ3) is 5.47. The third-order valence-electron chi connectivity index (χ3n) is 11.7. The molecule has 4 saturated carbocycles. The molecule has 9 atom stereocenters. The minimum atomic E-state index is -0.931. The Morgan fingerprint density at radius 1 is 0.886 bits per heavy atom. The first-order chi connectivity index (χ1) is 16.5. The van der Waals surface area contributed by atoms with Gasteiger partial charge in [0.15, 0.2) is 0 Å². The summed E-state index contributed by atoms with van der Waals surface area (Å²) in [6.45, 7) is 12.5. The molecule has 200 valence electrons. The summed E-state index contributed by atoms with van der Waals surface area (Å²) in [7, 11) is 0. The van der Waals surface area contributed by atoms with Crippen LogP contribution in [0.1, 0.15) is 125 Å². The van der Waals surface area contributed by atoms with Crippen molar-refractivity contribution in [3.8, 4) is 0 Å². The van der Waals surface area contributed by atoms with Crippen molar-refractivity contribution in [3.05, 3.63) is 0 Å². The van der Waals surface area contributed by atoms with E-state index in [0.29, 0.717) is 16.7 Å². The molecule has 35 heavy (non-hydrogen) atoms. The highest BCUT2D eigenvalue weighted by atomic mass is 16.5. The van der Waals surface area contributed by atoms with Gasteiger partial charge in [-0.15, -0.1) is 0 Å². The van der Waals surface area contributed by atoms with Gasteiger partial charge in [0, 0.05) is 0 Å². The average molecular weight is 489 g/mol. The lowest BCUT2D eigenvalue weighted by atomic mass is 9.44. The van der Waals surface area contributed by atoms with E-state index in [0.717, 1.165) is 54.8 Å². The molecule has 0 aliphatic heterocycles. The minimum absolute atomic E-state index is 0.00418. The predicted octanol–water partition coefficient (Wildman–Crippen LogP) is 7.88. The highest BCUT2D eigenvalue weighted by Crippen LogP contribution is 2.68. The van der Waals surface area contributed by atoms with Gasteiger partial charge in [0.2, 0.25) is 0 Å². The molecular weight excluding hydrogens is 436 g/mol. The molecule has 4 nitrogen and oxygen atoms in total. The molecular formula is C31H52O4. The summed E-state index contributed by atoms with van der Waals surface area (Å²) in [5.41, 5.74) is 0.924. The fourth-order valence-electron chi connectivity index (χ4n) is 9.80. The van der Waals surface area contributed by atoms with Gasteiger partial charge in [-0.2, -0.15) is 0 Å². The molecule has 4 aliphatic carbocycles. The molecule has 0 bridgehead atoms. The molecule has 0 saturated heterocycles. The minimum Gasteiger partial charge on any atom is -0.481 e. The maximum Gasteiger partial charge on any atom is 0.306 e. The van der Waals surface area contributed by atoms with Gasteiger partial charge in [0.25, 0.3) is 0 Å². The van der Waals surface area contributed by atoms with Crippen LogP contribution in [0, 0.1) is 52.3 Å². The predicted molar refractivity (Wildman–Crippen MR) is 140 cm³/mol. The second-order valence-corrected chi connectivity index (χ2v) is 14.0. The summed E-state index contributed by atoms with van der Waals surface area (Å²) >= 11 is 0. The Hall–Kier alpha value is -1.06. The fraction of sp³-hybridized carbons (Fsp3) is 0.935. The summed E-state index contributed by atoms with van der Waals surface area (Å²) in [6.07, 6.45) is 15.5. The number of aliphatic carboxylic acids is 1. The summed E-state index contributed by atoms with van der Waals surface area (Å²) in [5, 5.41) is 8.85. The second kappa shape index (κ2) is 10.7. The van der Waals surface area contributed by atoms with Crippen LogP contribution < -0.4 is 0 Å². The van der Waals surface area contributed by atoms with Crippen molar-refractivity contribution in [1.29, 1.82) is 0 Å². The second-order valence-electron chi connectivity index (χ2n) is 14.0. The molecule has 0 aromatic heterocycles. The topological polar surface area (TPSA) is 63.6 Å². The van der Waals surface area contributed by atoms with E-state index in [1.807, 2.05) is 0 Å². The Labute approximate surface area is 214 Å². The van der Waals surface area contributed by atoms with Crippen molar-refractivity contribution < 1.29 is 19.4 Å². The van der Waals surface area contributed by atoms with Crippen LogP contribution in [-0.4, -0.2) is 23.1 Å². The Morgan fingerprint density at radius 2 is 1.60 bits per heavy atom. The summed E-state index contributed by atoms with van der Waals surface area (Å²) in [4.78, 5) is 22.9. The molecule has 4 rings (SSSR count). The van der Waals surface area contributed by atoms with E-state index in [9.17, 15) is 9.59 Å². The molecule has 4 fully saturated rings. The van der Waals surface area contributed by atoms with E-state index in [1.54, 1.807) is 0 Å². The van der Waals surface area contributed by atoms with Crippen LogP contribution in [0.15, 0.2) is 0 Å². The van der Waals surface area contributed by atoms with E-state index >= 15 is 0 Å². The van der Waals surface area contributed by atoms with Gasteiger partial charge < -0.3 is 9.84 Å². The first-order valence-corrected chi connectivity index (χ1v) is 15.0. The molecule has 4 heteroatoms. The largest absolute Gasteiger partial charge is 0.481 e. The number of esters is 1. The average Bonchev–Trinajstić information content (AvgIpc) is 3.15. The molecule has 0 amide bonds. The highest BCUT2D eigenvalue weighted by molar-refractivity contribution is 5.76. The molecule has 0 spiro atoms. The quantitative estimate of drug-likeness (QED) is 0.335. The van der Waals surface area contributed by atoms with Gasteiger partial charge in [0.05, 0.1) is 12.8 Å². The first-order valence-electron chi connectivity index (χ1n) is 15.0. The monoisotopic (exact) mass is 488 g/mol. The van der Waals surface area contributed by atoms with Crippen molar-refractivity contribution in [1.82, 2.24) is 0 Å². The van der Waals surface area contributed by atoms with Crippen molar-refractivity contribution in [3.63, 3.8) is 0 Å². The van der Waals surface area contributed by atoms with Crippen molar-refractivity contribution in [2.75, 3.05) is 0 Å². The Bertz CT molecular complexity index is 761. The lowest BCUT2D eigenvalue weighted by Gasteiger charge is -2.61. The number of hydrogen-bond acceptors (Lipinski definition) is 3. The number of fused-ring (bicyclic) bond motifs is 5. The zero-order valence-corrected chi connectivity index (χ0v) is 23.2. The number of carboxylic acids is 1. The summed E-state index contributed by atoms with van der Waals surface area (Å²) in [6, 6.07) is 0. The smallest absolute Gasteiger partial charge is 0.306 e. The van der Waals surface area contributed by atoms with E-state index in [2.05, 4.69) is 34.6 Å². The molecule has 0 heterocycles. The SMILES string of the molecule is CC(C)CCC[C@@H](C)[C@H]1CC[C@H]2[C@H]3CC[C@@H]4C[C@@H](OC(=O)CCC(=O)O)CC[C@]4(C)[C@H]3CC[C@]12C. The number of hydrogen-bond donors (Lipinski definition) is 1. The van der Waals surface area contributed by atoms with Gasteiger partial charge in [-0.3, -0.25) is 9.59 Å². The number of carbonyl (C=O) groups is 2. The van der Waals surface area contributed by atoms with Crippen LogP contribution in [0.3, 0.4) is 0 Å². The summed E-state index contributed by atoms with van der Waals surface area (Å²) in [5.74, 6) is 4.60. The van der Waals surface area contributed by atoms with E-state index in [-0.39, 0.29) is 24.9 Å². The number of rotatable bonds is 9. The Morgan fingerprint density at radius 3 is 2.31 bits per heavy atom. The molecule has 0 aromatic rings. The maximum absolute atomic E-state index is 12.1. The summed E-state index contributed by atoms with van der Waals surface area (Å²) < 4.78 is 5.74. The van der Waals surface area contributed by atoms with Gasteiger partial charge in [0.1, 0.15) is 6.10 Å². The number of carboxylic acid groups (broad SMARTS) is 1. The lowest BCUT2D eigenvalue weighted by molar-refractivity contribution is -0.164. The van der Waals surface area contributed by atoms with Crippen LogP contribution in [0.2, 0.25) is 0 Å². The van der Waals surface area contributed by atoms with Crippen molar-refractivity contribution >= 4 is 11.9 Å². The maximum atomic E-state index is 12.1. The molecule has 0 radical (unpaired) electrons.